The fraction of sp³-hybridized carbons (Fsp3) is 0.462. The minimum Gasteiger partial charge on any atom is -0.497 e. The van der Waals surface area contributed by atoms with Gasteiger partial charge in [0.1, 0.15) is 17.6 Å². The van der Waals surface area contributed by atoms with Gasteiger partial charge in [-0.1, -0.05) is 0 Å². The first-order valence-corrected chi connectivity index (χ1v) is 5.53. The smallest absolute Gasteiger partial charge is 0.128 e. The summed E-state index contributed by atoms with van der Waals surface area (Å²) in [6.07, 6.45) is 0.581. The van der Waals surface area contributed by atoms with Crippen molar-refractivity contribution >= 4 is 0 Å². The van der Waals surface area contributed by atoms with Crippen LogP contribution in [-0.4, -0.2) is 20.8 Å². The zero-order valence-corrected chi connectivity index (χ0v) is 9.97. The highest BCUT2D eigenvalue weighted by Crippen LogP contribution is 2.39. The third kappa shape index (κ3) is 2.20. The summed E-state index contributed by atoms with van der Waals surface area (Å²) >= 11 is 0. The highest BCUT2D eigenvalue weighted by Gasteiger charge is 2.31. The zero-order valence-electron chi connectivity index (χ0n) is 9.97. The van der Waals surface area contributed by atoms with Crippen molar-refractivity contribution < 1.29 is 14.2 Å². The van der Waals surface area contributed by atoms with Crippen LogP contribution in [0.1, 0.15) is 18.1 Å². The zero-order chi connectivity index (χ0) is 12.3. The molecule has 1 aromatic rings. The van der Waals surface area contributed by atoms with Gasteiger partial charge in [-0.05, 0) is 18.6 Å². The van der Waals surface area contributed by atoms with Gasteiger partial charge >= 0.3 is 0 Å². The molecule has 2 unspecified atom stereocenters. The average molecular weight is 233 g/mol. The van der Waals surface area contributed by atoms with Crippen LogP contribution in [0.25, 0.3) is 0 Å². The summed E-state index contributed by atoms with van der Waals surface area (Å²) < 4.78 is 16.1. The third-order valence-corrected chi connectivity index (χ3v) is 3.00. The van der Waals surface area contributed by atoms with E-state index in [0.29, 0.717) is 12.4 Å². The number of nitrogens with zero attached hydrogens (tertiary/aromatic N) is 1. The van der Waals surface area contributed by atoms with E-state index < -0.39 is 0 Å². The number of benzene rings is 1. The van der Waals surface area contributed by atoms with Crippen LogP contribution in [-0.2, 0) is 4.74 Å². The molecule has 0 saturated carbocycles. The van der Waals surface area contributed by atoms with E-state index in [1.54, 1.807) is 14.2 Å². The molecule has 4 heteroatoms. The standard InChI is InChI=1S/C13H15NO3/c1-15-10-3-4-11(12(7-10)16-2)13-9(8-14)5-6-17-13/h3-4,7,9,13H,5-6H2,1-2H3. The Bertz CT molecular complexity index is 439. The van der Waals surface area contributed by atoms with Crippen molar-refractivity contribution in [3.05, 3.63) is 23.8 Å². The molecule has 2 atom stereocenters. The molecule has 17 heavy (non-hydrogen) atoms. The lowest BCUT2D eigenvalue weighted by Crippen LogP contribution is -2.07. The monoisotopic (exact) mass is 233 g/mol. The van der Waals surface area contributed by atoms with Crippen LogP contribution in [0.4, 0.5) is 0 Å². The second kappa shape index (κ2) is 5.07. The Morgan fingerprint density at radius 1 is 1.35 bits per heavy atom. The van der Waals surface area contributed by atoms with Crippen molar-refractivity contribution in [2.45, 2.75) is 12.5 Å². The summed E-state index contributed by atoms with van der Waals surface area (Å²) in [5.74, 6) is 1.34. The Morgan fingerprint density at radius 3 is 2.82 bits per heavy atom. The fourth-order valence-electron chi connectivity index (χ4n) is 2.08. The summed E-state index contributed by atoms with van der Waals surface area (Å²) in [5.41, 5.74) is 0.914. The number of nitriles is 1. The molecule has 0 radical (unpaired) electrons. The van der Waals surface area contributed by atoms with E-state index in [1.807, 2.05) is 18.2 Å². The Balaban J connectivity index is 2.35. The number of rotatable bonds is 3. The van der Waals surface area contributed by atoms with Crippen molar-refractivity contribution in [2.75, 3.05) is 20.8 Å². The number of hydrogen-bond acceptors (Lipinski definition) is 4. The van der Waals surface area contributed by atoms with Crippen LogP contribution in [0, 0.1) is 17.2 Å². The maximum Gasteiger partial charge on any atom is 0.128 e. The lowest BCUT2D eigenvalue weighted by Gasteiger charge is -2.17. The average Bonchev–Trinajstić information content (AvgIpc) is 2.85. The van der Waals surface area contributed by atoms with Gasteiger partial charge in [-0.15, -0.1) is 0 Å². The highest BCUT2D eigenvalue weighted by atomic mass is 16.5. The summed E-state index contributed by atoms with van der Waals surface area (Å²) in [5, 5.41) is 9.07. The van der Waals surface area contributed by atoms with Crippen molar-refractivity contribution in [1.82, 2.24) is 0 Å². The highest BCUT2D eigenvalue weighted by molar-refractivity contribution is 5.43. The molecule has 0 aromatic heterocycles. The van der Waals surface area contributed by atoms with Gasteiger partial charge < -0.3 is 14.2 Å². The van der Waals surface area contributed by atoms with Gasteiger partial charge in [-0.3, -0.25) is 0 Å². The van der Waals surface area contributed by atoms with Gasteiger partial charge in [0.15, 0.2) is 0 Å². The number of ether oxygens (including phenoxy) is 3. The predicted octanol–water partition coefficient (Wildman–Crippen LogP) is 2.30. The quantitative estimate of drug-likeness (QED) is 0.803. The first-order valence-electron chi connectivity index (χ1n) is 5.53. The van der Waals surface area contributed by atoms with Crippen molar-refractivity contribution in [3.63, 3.8) is 0 Å². The van der Waals surface area contributed by atoms with Crippen LogP contribution < -0.4 is 9.47 Å². The van der Waals surface area contributed by atoms with E-state index in [-0.39, 0.29) is 12.0 Å². The number of hydrogen-bond donors (Lipinski definition) is 0. The van der Waals surface area contributed by atoms with Crippen LogP contribution in [0.2, 0.25) is 0 Å². The largest absolute Gasteiger partial charge is 0.497 e. The van der Waals surface area contributed by atoms with Gasteiger partial charge in [0.2, 0.25) is 0 Å². The number of methoxy groups -OCH3 is 2. The van der Waals surface area contributed by atoms with Crippen LogP contribution in [0.15, 0.2) is 18.2 Å². The molecule has 1 aromatic carbocycles. The Hall–Kier alpha value is -1.73. The molecule has 2 rings (SSSR count). The van der Waals surface area contributed by atoms with Crippen molar-refractivity contribution in [2.24, 2.45) is 5.92 Å². The Kier molecular flexibility index (Phi) is 3.50. The summed E-state index contributed by atoms with van der Waals surface area (Å²) in [6.45, 7) is 0.623. The van der Waals surface area contributed by atoms with E-state index in [9.17, 15) is 0 Å². The fourth-order valence-corrected chi connectivity index (χ4v) is 2.08. The second-order valence-corrected chi connectivity index (χ2v) is 3.92. The molecule has 1 aliphatic heterocycles. The molecule has 0 amide bonds. The summed E-state index contributed by atoms with van der Waals surface area (Å²) in [4.78, 5) is 0. The summed E-state index contributed by atoms with van der Waals surface area (Å²) in [6, 6.07) is 7.85. The van der Waals surface area contributed by atoms with E-state index in [2.05, 4.69) is 6.07 Å². The molecule has 4 nitrogen and oxygen atoms in total. The minimum absolute atomic E-state index is 0.0997. The van der Waals surface area contributed by atoms with Gasteiger partial charge in [-0.2, -0.15) is 5.26 Å². The normalized spacial score (nSPS) is 23.1. The first-order chi connectivity index (χ1) is 8.30. The molecule has 0 bridgehead atoms. The predicted molar refractivity (Wildman–Crippen MR) is 62.0 cm³/mol. The Morgan fingerprint density at radius 2 is 2.18 bits per heavy atom. The molecule has 90 valence electrons. The molecule has 1 aliphatic rings. The first kappa shape index (κ1) is 11.7. The lowest BCUT2D eigenvalue weighted by molar-refractivity contribution is 0.0983. The summed E-state index contributed by atoms with van der Waals surface area (Å²) in [7, 11) is 3.22. The van der Waals surface area contributed by atoms with E-state index >= 15 is 0 Å². The molecular formula is C13H15NO3. The molecule has 0 aliphatic carbocycles. The van der Waals surface area contributed by atoms with Crippen LogP contribution in [0.3, 0.4) is 0 Å². The second-order valence-electron chi connectivity index (χ2n) is 3.92. The minimum atomic E-state index is -0.194. The molecular weight excluding hydrogens is 218 g/mol. The molecule has 0 spiro atoms. The van der Waals surface area contributed by atoms with Gasteiger partial charge in [-0.25, -0.2) is 0 Å². The van der Waals surface area contributed by atoms with Gasteiger partial charge in [0, 0.05) is 18.2 Å². The third-order valence-electron chi connectivity index (χ3n) is 3.00. The van der Waals surface area contributed by atoms with E-state index in [1.165, 1.54) is 0 Å². The topological polar surface area (TPSA) is 51.5 Å². The maximum absolute atomic E-state index is 9.07. The SMILES string of the molecule is COc1ccc(C2OCCC2C#N)c(OC)c1. The molecule has 1 heterocycles. The molecule has 1 saturated heterocycles. The van der Waals surface area contributed by atoms with Crippen LogP contribution in [0.5, 0.6) is 11.5 Å². The van der Waals surface area contributed by atoms with E-state index in [4.69, 9.17) is 19.5 Å². The lowest BCUT2D eigenvalue weighted by atomic mass is 9.96. The Labute approximate surface area is 101 Å². The van der Waals surface area contributed by atoms with Crippen LogP contribution >= 0.6 is 0 Å². The van der Waals surface area contributed by atoms with Crippen molar-refractivity contribution in [3.8, 4) is 17.6 Å². The van der Waals surface area contributed by atoms with Gasteiger partial charge in [0.25, 0.3) is 0 Å². The molecule has 1 fully saturated rings. The van der Waals surface area contributed by atoms with E-state index in [0.717, 1.165) is 17.7 Å². The van der Waals surface area contributed by atoms with Gasteiger partial charge in [0.05, 0.1) is 26.2 Å². The van der Waals surface area contributed by atoms with Crippen molar-refractivity contribution in [1.29, 1.82) is 5.26 Å². The maximum atomic E-state index is 9.07. The molecule has 0 N–H and O–H groups in total.